The van der Waals surface area contributed by atoms with E-state index in [1.54, 1.807) is 20.8 Å². The predicted octanol–water partition coefficient (Wildman–Crippen LogP) is 4.42. The van der Waals surface area contributed by atoms with Crippen LogP contribution >= 0.6 is 0 Å². The molecule has 1 N–H and O–H groups in total. The molecule has 0 fully saturated rings. The number of hydrogen-bond donors (Lipinski definition) is 1. The second-order valence-corrected chi connectivity index (χ2v) is 7.93. The summed E-state index contributed by atoms with van der Waals surface area (Å²) in [7, 11) is 0. The van der Waals surface area contributed by atoms with Crippen LogP contribution < -0.4 is 15.5 Å². The fourth-order valence-electron chi connectivity index (χ4n) is 2.75. The molecule has 0 saturated carbocycles. The molecule has 0 aliphatic heterocycles. The first-order valence-corrected chi connectivity index (χ1v) is 9.56. The molecule has 0 unspecified atom stereocenters. The number of carbonyl (C=O) groups excluding carboxylic acids is 2. The summed E-state index contributed by atoms with van der Waals surface area (Å²) in [5.74, 6) is -0.973. The van der Waals surface area contributed by atoms with Gasteiger partial charge in [-0.15, -0.1) is 0 Å². The van der Waals surface area contributed by atoms with Gasteiger partial charge in [0.1, 0.15) is 35.1 Å². The van der Waals surface area contributed by atoms with E-state index in [9.17, 15) is 18.8 Å². The van der Waals surface area contributed by atoms with Crippen molar-refractivity contribution in [2.75, 3.05) is 0 Å². The Morgan fingerprint density at radius 1 is 1.10 bits per heavy atom. The number of alkyl carbamates (subject to hydrolysis) is 1. The van der Waals surface area contributed by atoms with E-state index in [2.05, 4.69) is 5.32 Å². The molecule has 31 heavy (non-hydrogen) atoms. The number of halogens is 1. The molecule has 0 bridgehead atoms. The lowest BCUT2D eigenvalue weighted by Crippen LogP contribution is -2.43. The molecule has 0 saturated heterocycles. The number of fused-ring (bicyclic) bond motifs is 1. The third kappa shape index (κ3) is 5.48. The summed E-state index contributed by atoms with van der Waals surface area (Å²) in [4.78, 5) is 36.8. The van der Waals surface area contributed by atoms with Gasteiger partial charge in [0.15, 0.2) is 5.43 Å². The van der Waals surface area contributed by atoms with Crippen LogP contribution in [0.25, 0.3) is 22.1 Å². The molecule has 1 atom stereocenters. The fraction of sp³-hybridized carbons (Fsp3) is 0.261. The summed E-state index contributed by atoms with van der Waals surface area (Å²) < 4.78 is 29.0. The van der Waals surface area contributed by atoms with Crippen LogP contribution in [-0.4, -0.2) is 23.7 Å². The maximum atomic E-state index is 13.1. The quantitative estimate of drug-likeness (QED) is 0.489. The van der Waals surface area contributed by atoms with E-state index in [4.69, 9.17) is 13.9 Å². The van der Waals surface area contributed by atoms with E-state index < -0.39 is 29.5 Å². The number of amides is 1. The second kappa shape index (κ2) is 8.59. The molecule has 0 spiro atoms. The summed E-state index contributed by atoms with van der Waals surface area (Å²) in [6, 6.07) is 8.86. The maximum Gasteiger partial charge on any atom is 0.408 e. The van der Waals surface area contributed by atoms with E-state index in [1.807, 2.05) is 0 Å². The Balaban J connectivity index is 1.76. The van der Waals surface area contributed by atoms with Crippen LogP contribution in [0, 0.1) is 5.82 Å². The van der Waals surface area contributed by atoms with Gasteiger partial charge in [-0.2, -0.15) is 0 Å². The molecule has 162 valence electrons. The number of ether oxygens (including phenoxy) is 2. The molecule has 7 nitrogen and oxygen atoms in total. The van der Waals surface area contributed by atoms with Crippen molar-refractivity contribution in [3.8, 4) is 16.9 Å². The van der Waals surface area contributed by atoms with E-state index in [0.29, 0.717) is 5.56 Å². The van der Waals surface area contributed by atoms with Crippen LogP contribution in [0.3, 0.4) is 0 Å². The molecule has 0 aliphatic carbocycles. The Kier molecular flexibility index (Phi) is 6.10. The first kappa shape index (κ1) is 22.0. The van der Waals surface area contributed by atoms with Gasteiger partial charge < -0.3 is 19.2 Å². The Morgan fingerprint density at radius 3 is 2.42 bits per heavy atom. The molecule has 8 heteroatoms. The highest BCUT2D eigenvalue weighted by molar-refractivity contribution is 5.85. The summed E-state index contributed by atoms with van der Waals surface area (Å²) in [6.07, 6.45) is 0.533. The van der Waals surface area contributed by atoms with Crippen LogP contribution in [0.15, 0.2) is 57.9 Å². The summed E-state index contributed by atoms with van der Waals surface area (Å²) in [5, 5.41) is 2.68. The molecular formula is C23H22FNO6. The minimum Gasteiger partial charge on any atom is -0.463 e. The van der Waals surface area contributed by atoms with Gasteiger partial charge in [-0.25, -0.2) is 14.0 Å². The van der Waals surface area contributed by atoms with Crippen LogP contribution in [0.1, 0.15) is 27.7 Å². The molecule has 1 amide bonds. The van der Waals surface area contributed by atoms with Crippen LogP contribution in [0.4, 0.5) is 9.18 Å². The van der Waals surface area contributed by atoms with Gasteiger partial charge in [0.2, 0.25) is 0 Å². The summed E-state index contributed by atoms with van der Waals surface area (Å²) >= 11 is 0. The largest absolute Gasteiger partial charge is 0.463 e. The normalized spacial score (nSPS) is 12.3. The zero-order valence-corrected chi connectivity index (χ0v) is 17.5. The third-order valence-corrected chi connectivity index (χ3v) is 4.21. The highest BCUT2D eigenvalue weighted by atomic mass is 19.1. The highest BCUT2D eigenvalue weighted by Gasteiger charge is 2.22. The summed E-state index contributed by atoms with van der Waals surface area (Å²) in [5.41, 5.74) is 0.0257. The van der Waals surface area contributed by atoms with Crippen LogP contribution in [0.5, 0.6) is 5.75 Å². The Bertz CT molecular complexity index is 1180. The number of carbonyl (C=O) groups is 2. The van der Waals surface area contributed by atoms with Crippen molar-refractivity contribution in [1.82, 2.24) is 5.32 Å². The Morgan fingerprint density at radius 2 is 1.77 bits per heavy atom. The Labute approximate surface area is 177 Å². The van der Waals surface area contributed by atoms with Crippen molar-refractivity contribution < 1.29 is 27.9 Å². The standard InChI is InChI=1S/C23H22FNO6/c1-13(25-22(28)31-23(2,3)4)21(27)30-16-9-10-17-19(11-16)29-12-18(20(17)26)14-5-7-15(24)8-6-14/h5-13H,1-4H3,(H,25,28)/t13-/m0/s1. The average molecular weight is 427 g/mol. The van der Waals surface area contributed by atoms with Gasteiger partial charge >= 0.3 is 12.1 Å². The lowest BCUT2D eigenvalue weighted by molar-refractivity contribution is -0.136. The number of esters is 1. The van der Waals surface area contributed by atoms with Crippen molar-refractivity contribution >= 4 is 23.0 Å². The number of nitrogens with one attached hydrogen (secondary N) is 1. The fourth-order valence-corrected chi connectivity index (χ4v) is 2.75. The molecule has 0 radical (unpaired) electrons. The van der Waals surface area contributed by atoms with Crippen LogP contribution in [0.2, 0.25) is 0 Å². The van der Waals surface area contributed by atoms with E-state index in [-0.39, 0.29) is 27.7 Å². The smallest absolute Gasteiger partial charge is 0.408 e. The molecule has 1 heterocycles. The third-order valence-electron chi connectivity index (χ3n) is 4.21. The molecule has 2 aromatic carbocycles. The second-order valence-electron chi connectivity index (χ2n) is 7.93. The molecule has 3 aromatic rings. The van der Waals surface area contributed by atoms with E-state index in [0.717, 1.165) is 0 Å². The lowest BCUT2D eigenvalue weighted by Gasteiger charge is -2.21. The van der Waals surface area contributed by atoms with Crippen molar-refractivity contribution in [3.05, 3.63) is 64.8 Å². The van der Waals surface area contributed by atoms with Crippen molar-refractivity contribution in [2.24, 2.45) is 0 Å². The first-order chi connectivity index (χ1) is 14.5. The average Bonchev–Trinajstić information content (AvgIpc) is 2.67. The molecular weight excluding hydrogens is 405 g/mol. The lowest BCUT2D eigenvalue weighted by atomic mass is 10.1. The van der Waals surface area contributed by atoms with Gasteiger partial charge in [-0.05, 0) is 57.5 Å². The SMILES string of the molecule is C[C@H](NC(=O)OC(C)(C)C)C(=O)Oc1ccc2c(=O)c(-c3ccc(F)cc3)coc2c1. The highest BCUT2D eigenvalue weighted by Crippen LogP contribution is 2.23. The van der Waals surface area contributed by atoms with Gasteiger partial charge in [-0.3, -0.25) is 4.79 Å². The van der Waals surface area contributed by atoms with Gasteiger partial charge in [0.05, 0.1) is 10.9 Å². The van der Waals surface area contributed by atoms with E-state index in [1.165, 1.54) is 55.7 Å². The minimum atomic E-state index is -0.960. The van der Waals surface area contributed by atoms with Crippen LogP contribution in [-0.2, 0) is 9.53 Å². The van der Waals surface area contributed by atoms with Gasteiger partial charge in [0, 0.05) is 6.07 Å². The number of rotatable bonds is 4. The van der Waals surface area contributed by atoms with E-state index >= 15 is 0 Å². The Hall–Kier alpha value is -3.68. The van der Waals surface area contributed by atoms with Crippen molar-refractivity contribution in [2.45, 2.75) is 39.3 Å². The first-order valence-electron chi connectivity index (χ1n) is 9.56. The number of hydrogen-bond acceptors (Lipinski definition) is 6. The molecule has 1 aromatic heterocycles. The zero-order valence-electron chi connectivity index (χ0n) is 17.5. The van der Waals surface area contributed by atoms with Gasteiger partial charge in [-0.1, -0.05) is 12.1 Å². The number of benzene rings is 2. The zero-order chi connectivity index (χ0) is 22.8. The molecule has 0 aliphatic rings. The van der Waals surface area contributed by atoms with Crippen molar-refractivity contribution in [3.63, 3.8) is 0 Å². The monoisotopic (exact) mass is 427 g/mol. The predicted molar refractivity (Wildman–Crippen MR) is 112 cm³/mol. The summed E-state index contributed by atoms with van der Waals surface area (Å²) in [6.45, 7) is 6.59. The van der Waals surface area contributed by atoms with Crippen molar-refractivity contribution in [1.29, 1.82) is 0 Å². The topological polar surface area (TPSA) is 94.8 Å². The maximum absolute atomic E-state index is 13.1. The minimum absolute atomic E-state index is 0.146. The van der Waals surface area contributed by atoms with Gasteiger partial charge in [0.25, 0.3) is 0 Å². The molecule has 3 rings (SSSR count).